The van der Waals surface area contributed by atoms with Gasteiger partial charge in [-0.15, -0.1) is 0 Å². The monoisotopic (exact) mass is 289 g/mol. The largest absolute Gasteiger partial charge is 0.386 e. The van der Waals surface area contributed by atoms with E-state index in [0.717, 1.165) is 17.8 Å². The molecule has 3 aromatic rings. The van der Waals surface area contributed by atoms with Crippen molar-refractivity contribution in [2.75, 3.05) is 0 Å². The maximum atomic E-state index is 13.6. The number of halogens is 2. The van der Waals surface area contributed by atoms with Crippen LogP contribution in [-0.4, -0.2) is 19.5 Å². The Balaban J connectivity index is 1.77. The molecule has 1 N–H and O–H groups in total. The van der Waals surface area contributed by atoms with Gasteiger partial charge in [0.1, 0.15) is 17.7 Å². The van der Waals surface area contributed by atoms with Crippen molar-refractivity contribution in [3.05, 3.63) is 72.3 Å². The molecule has 0 spiro atoms. The van der Waals surface area contributed by atoms with Gasteiger partial charge in [0.05, 0.1) is 18.4 Å². The SMILES string of the molecule is OC(Cn1cc(-n2cccc2)cn1)c1ccc(F)cc1F. The second kappa shape index (κ2) is 5.49. The van der Waals surface area contributed by atoms with Gasteiger partial charge in [-0.3, -0.25) is 4.68 Å². The molecule has 0 amide bonds. The highest BCUT2D eigenvalue weighted by molar-refractivity contribution is 5.26. The van der Waals surface area contributed by atoms with E-state index < -0.39 is 17.7 Å². The molecule has 0 aliphatic rings. The molecule has 0 fully saturated rings. The van der Waals surface area contributed by atoms with Crippen LogP contribution < -0.4 is 0 Å². The van der Waals surface area contributed by atoms with Crippen molar-refractivity contribution in [3.63, 3.8) is 0 Å². The fourth-order valence-corrected chi connectivity index (χ4v) is 2.14. The molecule has 0 radical (unpaired) electrons. The molecular weight excluding hydrogens is 276 g/mol. The molecule has 2 aromatic heterocycles. The second-order valence-electron chi connectivity index (χ2n) is 4.69. The third-order valence-electron chi connectivity index (χ3n) is 3.20. The number of aromatic nitrogens is 3. The molecule has 108 valence electrons. The van der Waals surface area contributed by atoms with Crippen LogP contribution in [0.5, 0.6) is 0 Å². The maximum Gasteiger partial charge on any atom is 0.131 e. The first-order valence-electron chi connectivity index (χ1n) is 6.42. The van der Waals surface area contributed by atoms with Crippen LogP contribution in [0.4, 0.5) is 8.78 Å². The zero-order chi connectivity index (χ0) is 14.8. The molecular formula is C15H13F2N3O. The zero-order valence-corrected chi connectivity index (χ0v) is 11.0. The summed E-state index contributed by atoms with van der Waals surface area (Å²) in [4.78, 5) is 0. The summed E-state index contributed by atoms with van der Waals surface area (Å²) < 4.78 is 29.8. The number of aliphatic hydroxyl groups is 1. The number of benzene rings is 1. The number of hydrogen-bond donors (Lipinski definition) is 1. The average molecular weight is 289 g/mol. The van der Waals surface area contributed by atoms with Gasteiger partial charge in [-0.25, -0.2) is 8.78 Å². The van der Waals surface area contributed by atoms with Crippen LogP contribution in [-0.2, 0) is 6.54 Å². The Labute approximate surface area is 119 Å². The first-order chi connectivity index (χ1) is 10.1. The van der Waals surface area contributed by atoms with E-state index in [2.05, 4.69) is 5.10 Å². The Morgan fingerprint density at radius 1 is 1.19 bits per heavy atom. The zero-order valence-electron chi connectivity index (χ0n) is 11.0. The highest BCUT2D eigenvalue weighted by Crippen LogP contribution is 2.20. The molecule has 0 saturated carbocycles. The number of hydrogen-bond acceptors (Lipinski definition) is 2. The third kappa shape index (κ3) is 2.85. The van der Waals surface area contributed by atoms with E-state index in [9.17, 15) is 13.9 Å². The van der Waals surface area contributed by atoms with Crippen LogP contribution in [0.25, 0.3) is 5.69 Å². The standard InChI is InChI=1S/C15H13F2N3O/c16-11-3-4-13(14(17)7-11)15(21)10-20-9-12(8-18-20)19-5-1-2-6-19/h1-9,15,21H,10H2. The minimum Gasteiger partial charge on any atom is -0.386 e. The lowest BCUT2D eigenvalue weighted by Crippen LogP contribution is -2.10. The predicted molar refractivity (Wildman–Crippen MR) is 72.9 cm³/mol. The molecule has 3 rings (SSSR count). The van der Waals surface area contributed by atoms with Gasteiger partial charge in [-0.1, -0.05) is 6.07 Å². The van der Waals surface area contributed by atoms with Crippen LogP contribution in [0.15, 0.2) is 55.1 Å². The fraction of sp³-hybridized carbons (Fsp3) is 0.133. The Morgan fingerprint density at radius 2 is 1.95 bits per heavy atom. The number of aliphatic hydroxyl groups excluding tert-OH is 1. The summed E-state index contributed by atoms with van der Waals surface area (Å²) in [6.45, 7) is 0.0871. The third-order valence-corrected chi connectivity index (χ3v) is 3.20. The van der Waals surface area contributed by atoms with Crippen LogP contribution in [0.1, 0.15) is 11.7 Å². The molecule has 0 bridgehead atoms. The molecule has 2 heterocycles. The highest BCUT2D eigenvalue weighted by Gasteiger charge is 2.15. The summed E-state index contributed by atoms with van der Waals surface area (Å²) in [5.41, 5.74) is 0.890. The van der Waals surface area contributed by atoms with Crippen molar-refractivity contribution in [2.24, 2.45) is 0 Å². The Morgan fingerprint density at radius 3 is 2.67 bits per heavy atom. The highest BCUT2D eigenvalue weighted by atomic mass is 19.1. The first-order valence-corrected chi connectivity index (χ1v) is 6.42. The van der Waals surface area contributed by atoms with Gasteiger partial charge in [0.25, 0.3) is 0 Å². The summed E-state index contributed by atoms with van der Waals surface area (Å²) in [6.07, 6.45) is 6.04. The number of nitrogens with zero attached hydrogens (tertiary/aromatic N) is 3. The van der Waals surface area contributed by atoms with Gasteiger partial charge in [0.15, 0.2) is 0 Å². The van der Waals surface area contributed by atoms with Gasteiger partial charge in [-0.05, 0) is 18.2 Å². The molecule has 0 saturated heterocycles. The Kier molecular flexibility index (Phi) is 3.53. The molecule has 6 heteroatoms. The van der Waals surface area contributed by atoms with E-state index in [1.807, 2.05) is 29.1 Å². The lowest BCUT2D eigenvalue weighted by atomic mass is 10.1. The van der Waals surface area contributed by atoms with Gasteiger partial charge in [0.2, 0.25) is 0 Å². The van der Waals surface area contributed by atoms with Crippen molar-refractivity contribution in [3.8, 4) is 5.69 Å². The van der Waals surface area contributed by atoms with Crippen LogP contribution in [0.3, 0.4) is 0 Å². The van der Waals surface area contributed by atoms with Gasteiger partial charge >= 0.3 is 0 Å². The maximum absolute atomic E-state index is 13.6. The van der Waals surface area contributed by atoms with Crippen molar-refractivity contribution in [1.82, 2.24) is 14.3 Å². The van der Waals surface area contributed by atoms with Crippen molar-refractivity contribution in [1.29, 1.82) is 0 Å². The van der Waals surface area contributed by atoms with E-state index >= 15 is 0 Å². The normalized spacial score (nSPS) is 12.5. The summed E-state index contributed by atoms with van der Waals surface area (Å²) in [5, 5.41) is 14.2. The average Bonchev–Trinajstić information content (AvgIpc) is 3.08. The first kappa shape index (κ1) is 13.5. The van der Waals surface area contributed by atoms with Crippen LogP contribution in [0.2, 0.25) is 0 Å². The quantitative estimate of drug-likeness (QED) is 0.802. The summed E-state index contributed by atoms with van der Waals surface area (Å²) in [6, 6.07) is 6.90. The van der Waals surface area contributed by atoms with E-state index in [0.29, 0.717) is 0 Å². The minimum absolute atomic E-state index is 0.0504. The molecule has 0 aliphatic carbocycles. The molecule has 1 atom stereocenters. The lowest BCUT2D eigenvalue weighted by molar-refractivity contribution is 0.147. The van der Waals surface area contributed by atoms with Crippen molar-refractivity contribution >= 4 is 0 Å². The fourth-order valence-electron chi connectivity index (χ4n) is 2.14. The van der Waals surface area contributed by atoms with Gasteiger partial charge < -0.3 is 9.67 Å². The van der Waals surface area contributed by atoms with Gasteiger partial charge in [-0.2, -0.15) is 5.10 Å². The number of rotatable bonds is 4. The summed E-state index contributed by atoms with van der Waals surface area (Å²) >= 11 is 0. The van der Waals surface area contributed by atoms with E-state index in [1.54, 1.807) is 12.4 Å². The summed E-state index contributed by atoms with van der Waals surface area (Å²) in [5.74, 6) is -1.43. The topological polar surface area (TPSA) is 43.0 Å². The molecule has 1 aromatic carbocycles. The van der Waals surface area contributed by atoms with E-state index in [1.165, 1.54) is 10.7 Å². The van der Waals surface area contributed by atoms with Crippen LogP contribution >= 0.6 is 0 Å². The minimum atomic E-state index is -1.09. The lowest BCUT2D eigenvalue weighted by Gasteiger charge is -2.12. The molecule has 21 heavy (non-hydrogen) atoms. The predicted octanol–water partition coefficient (Wildman–Crippen LogP) is 2.69. The molecule has 1 unspecified atom stereocenters. The Bertz CT molecular complexity index is 737. The van der Waals surface area contributed by atoms with Gasteiger partial charge in [0, 0.05) is 30.2 Å². The van der Waals surface area contributed by atoms with E-state index in [-0.39, 0.29) is 12.1 Å². The van der Waals surface area contributed by atoms with Crippen molar-refractivity contribution < 1.29 is 13.9 Å². The second-order valence-corrected chi connectivity index (χ2v) is 4.69. The van der Waals surface area contributed by atoms with Crippen LogP contribution in [0, 0.1) is 11.6 Å². The summed E-state index contributed by atoms with van der Waals surface area (Å²) in [7, 11) is 0. The van der Waals surface area contributed by atoms with Crippen molar-refractivity contribution in [2.45, 2.75) is 12.6 Å². The molecule has 4 nitrogen and oxygen atoms in total. The van der Waals surface area contributed by atoms with E-state index in [4.69, 9.17) is 0 Å². The molecule has 0 aliphatic heterocycles. The Hall–Kier alpha value is -2.47. The smallest absolute Gasteiger partial charge is 0.131 e.